The first kappa shape index (κ1) is 14.0. The van der Waals surface area contributed by atoms with Gasteiger partial charge in [0.25, 0.3) is 0 Å². The van der Waals surface area contributed by atoms with E-state index in [1.54, 1.807) is 12.1 Å². The fourth-order valence-corrected chi connectivity index (χ4v) is 1.38. The summed E-state index contributed by atoms with van der Waals surface area (Å²) in [4.78, 5) is 0. The predicted molar refractivity (Wildman–Crippen MR) is 57.5 cm³/mol. The third kappa shape index (κ3) is 2.98. The van der Waals surface area contributed by atoms with Crippen LogP contribution >= 0.6 is 0 Å². The summed E-state index contributed by atoms with van der Waals surface area (Å²) in [6.07, 6.45) is -4.50. The maximum Gasteiger partial charge on any atom is 0.421 e. The zero-order valence-electron chi connectivity index (χ0n) is 9.97. The molecule has 0 spiro atoms. The molecule has 96 valence electrons. The summed E-state index contributed by atoms with van der Waals surface area (Å²) in [6.45, 7) is 2.39. The van der Waals surface area contributed by atoms with E-state index in [-0.39, 0.29) is 5.56 Å². The first-order valence-corrected chi connectivity index (χ1v) is 5.08. The summed E-state index contributed by atoms with van der Waals surface area (Å²) >= 11 is 0. The molecule has 0 saturated heterocycles. The highest BCUT2D eigenvalue weighted by Crippen LogP contribution is 2.41. The van der Waals surface area contributed by atoms with E-state index >= 15 is 0 Å². The molecule has 17 heavy (non-hydrogen) atoms. The van der Waals surface area contributed by atoms with E-state index in [1.807, 2.05) is 6.92 Å². The summed E-state index contributed by atoms with van der Waals surface area (Å²) in [5.74, 6) is 0. The van der Waals surface area contributed by atoms with Gasteiger partial charge < -0.3 is 9.47 Å². The van der Waals surface area contributed by atoms with Crippen LogP contribution in [0.4, 0.5) is 13.2 Å². The van der Waals surface area contributed by atoms with E-state index < -0.39 is 18.6 Å². The number of hydrogen-bond donors (Lipinski definition) is 0. The van der Waals surface area contributed by atoms with E-state index in [0.29, 0.717) is 0 Å². The van der Waals surface area contributed by atoms with Gasteiger partial charge in [0.15, 0.2) is 5.60 Å². The number of rotatable bonds is 4. The average molecular weight is 248 g/mol. The van der Waals surface area contributed by atoms with Crippen molar-refractivity contribution < 1.29 is 22.6 Å². The maximum absolute atomic E-state index is 13.0. The van der Waals surface area contributed by atoms with Crippen molar-refractivity contribution >= 4 is 0 Å². The highest BCUT2D eigenvalue weighted by atomic mass is 19.4. The van der Waals surface area contributed by atoms with Crippen LogP contribution < -0.4 is 0 Å². The number of aryl methyl sites for hydroxylation is 1. The van der Waals surface area contributed by atoms with Gasteiger partial charge in [-0.15, -0.1) is 0 Å². The van der Waals surface area contributed by atoms with Crippen LogP contribution in [0, 0.1) is 6.92 Å². The molecule has 1 rings (SSSR count). The molecule has 0 heterocycles. The normalized spacial score (nSPS) is 15.6. The first-order chi connectivity index (χ1) is 7.81. The molecule has 0 saturated carbocycles. The first-order valence-electron chi connectivity index (χ1n) is 5.08. The monoisotopic (exact) mass is 248 g/mol. The van der Waals surface area contributed by atoms with Crippen molar-refractivity contribution in [1.29, 1.82) is 0 Å². The van der Waals surface area contributed by atoms with Gasteiger partial charge in [0.2, 0.25) is 0 Å². The van der Waals surface area contributed by atoms with Crippen LogP contribution in [0.25, 0.3) is 0 Å². The molecule has 1 aromatic rings. The number of halogens is 3. The summed E-state index contributed by atoms with van der Waals surface area (Å²) in [5.41, 5.74) is -1.39. The molecule has 1 atom stereocenters. The molecule has 0 amide bonds. The van der Waals surface area contributed by atoms with Gasteiger partial charge in [-0.1, -0.05) is 29.8 Å². The van der Waals surface area contributed by atoms with Crippen molar-refractivity contribution in [3.8, 4) is 0 Å². The molecule has 5 heteroatoms. The van der Waals surface area contributed by atoms with E-state index in [9.17, 15) is 13.2 Å². The number of benzene rings is 1. The largest absolute Gasteiger partial charge is 0.421 e. The topological polar surface area (TPSA) is 18.5 Å². The van der Waals surface area contributed by atoms with Crippen molar-refractivity contribution in [2.24, 2.45) is 0 Å². The van der Waals surface area contributed by atoms with E-state index in [0.717, 1.165) is 12.5 Å². The highest BCUT2D eigenvalue weighted by Gasteiger charge is 2.53. The molecular formula is C12H15F3O2. The van der Waals surface area contributed by atoms with E-state index in [1.165, 1.54) is 19.2 Å². The third-order valence-corrected chi connectivity index (χ3v) is 2.61. The van der Waals surface area contributed by atoms with Crippen LogP contribution in [0.5, 0.6) is 0 Å². The van der Waals surface area contributed by atoms with Crippen molar-refractivity contribution in [2.45, 2.75) is 25.6 Å². The second-order valence-electron chi connectivity index (χ2n) is 3.95. The lowest BCUT2D eigenvalue weighted by atomic mass is 9.94. The van der Waals surface area contributed by atoms with E-state index in [4.69, 9.17) is 4.74 Å². The van der Waals surface area contributed by atoms with Gasteiger partial charge in [0.05, 0.1) is 0 Å². The number of methoxy groups -OCH3 is 1. The standard InChI is InChI=1S/C12H15F3O2/c1-9-4-6-10(7-5-9)11(2,12(13,14)15)17-8-16-3/h4-7H,8H2,1-3H3. The summed E-state index contributed by atoms with van der Waals surface area (Å²) in [5, 5.41) is 0. The second-order valence-corrected chi connectivity index (χ2v) is 3.95. The quantitative estimate of drug-likeness (QED) is 0.760. The average Bonchev–Trinajstić information content (AvgIpc) is 2.25. The van der Waals surface area contributed by atoms with Gasteiger partial charge in [-0.2, -0.15) is 13.2 Å². The molecular weight excluding hydrogens is 233 g/mol. The molecule has 0 bridgehead atoms. The van der Waals surface area contributed by atoms with Crippen LogP contribution in [0.2, 0.25) is 0 Å². The lowest BCUT2D eigenvalue weighted by Gasteiger charge is -2.32. The Bertz CT molecular complexity index is 359. The maximum atomic E-state index is 13.0. The third-order valence-electron chi connectivity index (χ3n) is 2.61. The van der Waals surface area contributed by atoms with Crippen molar-refractivity contribution in [3.05, 3.63) is 35.4 Å². The molecule has 0 aliphatic rings. The highest BCUT2D eigenvalue weighted by molar-refractivity contribution is 5.27. The van der Waals surface area contributed by atoms with Crippen molar-refractivity contribution in [3.63, 3.8) is 0 Å². The number of hydrogen-bond acceptors (Lipinski definition) is 2. The van der Waals surface area contributed by atoms with E-state index in [2.05, 4.69) is 4.74 Å². The van der Waals surface area contributed by atoms with Gasteiger partial charge in [0.1, 0.15) is 6.79 Å². The van der Waals surface area contributed by atoms with Crippen LogP contribution in [0.3, 0.4) is 0 Å². The Labute approximate surface area is 98.3 Å². The molecule has 2 nitrogen and oxygen atoms in total. The second kappa shape index (κ2) is 5.06. The Morgan fingerprint density at radius 1 is 1.12 bits per heavy atom. The molecule has 1 aromatic carbocycles. The Morgan fingerprint density at radius 3 is 2.06 bits per heavy atom. The number of ether oxygens (including phenoxy) is 2. The molecule has 0 aromatic heterocycles. The van der Waals surface area contributed by atoms with Gasteiger partial charge in [-0.05, 0) is 19.4 Å². The van der Waals surface area contributed by atoms with Gasteiger partial charge in [-0.25, -0.2) is 0 Å². The van der Waals surface area contributed by atoms with Crippen LogP contribution in [-0.4, -0.2) is 20.1 Å². The SMILES string of the molecule is COCOC(C)(c1ccc(C)cc1)C(F)(F)F. The smallest absolute Gasteiger partial charge is 0.359 e. The lowest BCUT2D eigenvalue weighted by Crippen LogP contribution is -2.42. The predicted octanol–water partition coefficient (Wildman–Crippen LogP) is 3.39. The Balaban J connectivity index is 3.10. The summed E-state index contributed by atoms with van der Waals surface area (Å²) in [6, 6.07) is 6.07. The zero-order valence-corrected chi connectivity index (χ0v) is 9.97. The fourth-order valence-electron chi connectivity index (χ4n) is 1.38. The minimum atomic E-state index is -4.50. The van der Waals surface area contributed by atoms with Crippen molar-refractivity contribution in [2.75, 3.05) is 13.9 Å². The molecule has 1 unspecified atom stereocenters. The van der Waals surface area contributed by atoms with Crippen LogP contribution in [0.1, 0.15) is 18.1 Å². The van der Waals surface area contributed by atoms with Crippen molar-refractivity contribution in [1.82, 2.24) is 0 Å². The van der Waals surface area contributed by atoms with Crippen LogP contribution in [-0.2, 0) is 15.1 Å². The minimum absolute atomic E-state index is 0.0626. The molecule has 0 aliphatic carbocycles. The summed E-state index contributed by atoms with van der Waals surface area (Å²) in [7, 11) is 1.28. The number of alkyl halides is 3. The van der Waals surface area contributed by atoms with Gasteiger partial charge in [0, 0.05) is 7.11 Å². The minimum Gasteiger partial charge on any atom is -0.359 e. The summed E-state index contributed by atoms with van der Waals surface area (Å²) < 4.78 is 48.5. The van der Waals surface area contributed by atoms with Gasteiger partial charge in [-0.3, -0.25) is 0 Å². The molecule has 0 radical (unpaired) electrons. The lowest BCUT2D eigenvalue weighted by molar-refractivity contribution is -0.296. The fraction of sp³-hybridized carbons (Fsp3) is 0.500. The zero-order chi connectivity index (χ0) is 13.1. The molecule has 0 aliphatic heterocycles. The Hall–Kier alpha value is -1.07. The Morgan fingerprint density at radius 2 is 1.65 bits per heavy atom. The molecule has 0 N–H and O–H groups in total. The Kier molecular flexibility index (Phi) is 4.16. The van der Waals surface area contributed by atoms with Gasteiger partial charge >= 0.3 is 6.18 Å². The molecule has 0 fully saturated rings. The van der Waals surface area contributed by atoms with Crippen LogP contribution in [0.15, 0.2) is 24.3 Å².